The van der Waals surface area contributed by atoms with E-state index in [-0.39, 0.29) is 30.2 Å². The van der Waals surface area contributed by atoms with Gasteiger partial charge < -0.3 is 25.5 Å². The zero-order valence-corrected chi connectivity index (χ0v) is 10.0. The van der Waals surface area contributed by atoms with Crippen molar-refractivity contribution in [3.63, 3.8) is 0 Å². The lowest BCUT2D eigenvalue weighted by Gasteiger charge is -2.33. The molecule has 102 valence electrons. The molecule has 2 rings (SSSR count). The van der Waals surface area contributed by atoms with Crippen molar-refractivity contribution in [2.75, 3.05) is 19.6 Å². The Balaban J connectivity index is 2.28. The molecular weight excluding hydrogens is 252 g/mol. The van der Waals surface area contributed by atoms with Crippen molar-refractivity contribution in [1.82, 2.24) is 10.2 Å². The molecule has 0 radical (unpaired) electrons. The predicted molar refractivity (Wildman–Crippen MR) is 65.1 cm³/mol. The van der Waals surface area contributed by atoms with E-state index in [1.165, 1.54) is 17.0 Å². The molecule has 0 aliphatic carbocycles. The maximum Gasteiger partial charge on any atom is 0.327 e. The number of amides is 1. The smallest absolute Gasteiger partial charge is 0.327 e. The van der Waals surface area contributed by atoms with Crippen molar-refractivity contribution in [1.29, 1.82) is 0 Å². The van der Waals surface area contributed by atoms with Crippen molar-refractivity contribution in [2.45, 2.75) is 6.04 Å². The van der Waals surface area contributed by atoms with Crippen LogP contribution in [0.25, 0.3) is 0 Å². The largest absolute Gasteiger partial charge is 0.508 e. The van der Waals surface area contributed by atoms with Gasteiger partial charge in [0.15, 0.2) is 0 Å². The Morgan fingerprint density at radius 2 is 2.05 bits per heavy atom. The van der Waals surface area contributed by atoms with Gasteiger partial charge in [0.25, 0.3) is 5.91 Å². The summed E-state index contributed by atoms with van der Waals surface area (Å²) >= 11 is 0. The Labute approximate surface area is 109 Å². The summed E-state index contributed by atoms with van der Waals surface area (Å²) in [6.45, 7) is 0.907. The Bertz CT molecular complexity index is 517. The van der Waals surface area contributed by atoms with Crippen molar-refractivity contribution in [3.05, 3.63) is 23.8 Å². The number of hydrogen-bond acceptors (Lipinski definition) is 5. The van der Waals surface area contributed by atoms with Crippen LogP contribution in [0.2, 0.25) is 0 Å². The molecule has 1 heterocycles. The van der Waals surface area contributed by atoms with E-state index in [9.17, 15) is 19.8 Å². The number of phenolic OH excluding ortho intramolecular Hbond substituents is 2. The first kappa shape index (κ1) is 13.2. The number of phenols is 2. The van der Waals surface area contributed by atoms with Crippen LogP contribution in [-0.2, 0) is 4.79 Å². The highest BCUT2D eigenvalue weighted by molar-refractivity contribution is 5.99. The highest BCUT2D eigenvalue weighted by atomic mass is 16.4. The molecule has 1 atom stereocenters. The fourth-order valence-corrected chi connectivity index (χ4v) is 2.02. The number of aliphatic carboxylic acids is 1. The topological polar surface area (TPSA) is 110 Å². The summed E-state index contributed by atoms with van der Waals surface area (Å²) in [4.78, 5) is 24.5. The molecule has 0 aromatic heterocycles. The molecule has 7 nitrogen and oxygen atoms in total. The number of carbonyl (C=O) groups excluding carboxylic acids is 1. The Morgan fingerprint density at radius 1 is 1.32 bits per heavy atom. The second-order valence-electron chi connectivity index (χ2n) is 4.26. The minimum Gasteiger partial charge on any atom is -0.508 e. The number of aromatic hydroxyl groups is 2. The molecule has 1 unspecified atom stereocenters. The van der Waals surface area contributed by atoms with Crippen LogP contribution in [0, 0.1) is 0 Å². The minimum absolute atomic E-state index is 0.0223. The average Bonchev–Trinajstić information content (AvgIpc) is 2.38. The van der Waals surface area contributed by atoms with Crippen LogP contribution in [-0.4, -0.2) is 57.8 Å². The molecule has 0 bridgehead atoms. The van der Waals surface area contributed by atoms with Crippen molar-refractivity contribution >= 4 is 11.9 Å². The van der Waals surface area contributed by atoms with Gasteiger partial charge in [0, 0.05) is 25.7 Å². The molecule has 19 heavy (non-hydrogen) atoms. The molecule has 1 amide bonds. The van der Waals surface area contributed by atoms with Gasteiger partial charge in [-0.05, 0) is 12.1 Å². The van der Waals surface area contributed by atoms with Crippen LogP contribution in [0.4, 0.5) is 0 Å². The highest BCUT2D eigenvalue weighted by Gasteiger charge is 2.33. The molecule has 1 fully saturated rings. The number of piperazine rings is 1. The molecule has 1 aliphatic heterocycles. The third-order valence-corrected chi connectivity index (χ3v) is 3.00. The van der Waals surface area contributed by atoms with Gasteiger partial charge in [-0.25, -0.2) is 4.79 Å². The molecule has 1 aromatic rings. The number of carboxylic acid groups (broad SMARTS) is 1. The fourth-order valence-electron chi connectivity index (χ4n) is 2.02. The van der Waals surface area contributed by atoms with Gasteiger partial charge in [-0.1, -0.05) is 0 Å². The van der Waals surface area contributed by atoms with Crippen molar-refractivity contribution in [2.24, 2.45) is 0 Å². The molecule has 0 spiro atoms. The predicted octanol–water partition coefficient (Wildman–Crippen LogP) is -0.404. The van der Waals surface area contributed by atoms with E-state index in [1.807, 2.05) is 0 Å². The van der Waals surface area contributed by atoms with Gasteiger partial charge >= 0.3 is 5.97 Å². The van der Waals surface area contributed by atoms with E-state index in [4.69, 9.17) is 5.11 Å². The molecule has 1 saturated heterocycles. The third-order valence-electron chi connectivity index (χ3n) is 3.00. The monoisotopic (exact) mass is 266 g/mol. The Morgan fingerprint density at radius 3 is 2.68 bits per heavy atom. The number of carbonyl (C=O) groups is 2. The zero-order chi connectivity index (χ0) is 14.0. The number of nitrogens with zero attached hydrogens (tertiary/aromatic N) is 1. The van der Waals surface area contributed by atoms with E-state index in [2.05, 4.69) is 5.32 Å². The third kappa shape index (κ3) is 2.60. The quantitative estimate of drug-likeness (QED) is 0.579. The van der Waals surface area contributed by atoms with Gasteiger partial charge in [0.05, 0.1) is 5.56 Å². The SMILES string of the molecule is O=C(O)C1CNCCN1C(=O)c1ccc(O)cc1O. The first-order valence-electron chi connectivity index (χ1n) is 5.77. The van der Waals surface area contributed by atoms with Gasteiger partial charge in [-0.3, -0.25) is 4.79 Å². The van der Waals surface area contributed by atoms with Gasteiger partial charge in [0.1, 0.15) is 17.5 Å². The number of rotatable bonds is 2. The second-order valence-corrected chi connectivity index (χ2v) is 4.26. The zero-order valence-electron chi connectivity index (χ0n) is 10.0. The first-order valence-corrected chi connectivity index (χ1v) is 5.77. The van der Waals surface area contributed by atoms with Crippen LogP contribution in [0.1, 0.15) is 10.4 Å². The summed E-state index contributed by atoms with van der Waals surface area (Å²) < 4.78 is 0. The van der Waals surface area contributed by atoms with Gasteiger partial charge in [-0.15, -0.1) is 0 Å². The molecule has 1 aliphatic rings. The summed E-state index contributed by atoms with van der Waals surface area (Å²) in [6.07, 6.45) is 0. The summed E-state index contributed by atoms with van der Waals surface area (Å²) in [7, 11) is 0. The number of benzene rings is 1. The van der Waals surface area contributed by atoms with Crippen LogP contribution >= 0.6 is 0 Å². The number of carboxylic acids is 1. The molecule has 4 N–H and O–H groups in total. The molecular formula is C12H14N2O5. The summed E-state index contributed by atoms with van der Waals surface area (Å²) in [5.41, 5.74) is -0.0223. The standard InChI is InChI=1S/C12H14N2O5/c15-7-1-2-8(10(16)5-7)11(17)14-4-3-13-6-9(14)12(18)19/h1-2,5,9,13,15-16H,3-4,6H2,(H,18,19). The van der Waals surface area contributed by atoms with Crippen LogP contribution in [0.15, 0.2) is 18.2 Å². The van der Waals surface area contributed by atoms with Crippen molar-refractivity contribution < 1.29 is 24.9 Å². The minimum atomic E-state index is -1.10. The molecule has 0 saturated carbocycles. The van der Waals surface area contributed by atoms with E-state index in [1.54, 1.807) is 0 Å². The van der Waals surface area contributed by atoms with Crippen LogP contribution in [0.5, 0.6) is 11.5 Å². The average molecular weight is 266 g/mol. The first-order chi connectivity index (χ1) is 9.00. The lowest BCUT2D eigenvalue weighted by Crippen LogP contribution is -2.56. The summed E-state index contributed by atoms with van der Waals surface area (Å²) in [6, 6.07) is 2.62. The van der Waals surface area contributed by atoms with Gasteiger partial charge in [-0.2, -0.15) is 0 Å². The summed E-state index contributed by atoms with van der Waals surface area (Å²) in [5.74, 6) is -2.19. The van der Waals surface area contributed by atoms with Crippen LogP contribution in [0.3, 0.4) is 0 Å². The Hall–Kier alpha value is -2.28. The Kier molecular flexibility index (Phi) is 3.57. The highest BCUT2D eigenvalue weighted by Crippen LogP contribution is 2.24. The maximum absolute atomic E-state index is 12.2. The molecule has 7 heteroatoms. The lowest BCUT2D eigenvalue weighted by atomic mass is 10.1. The normalized spacial score (nSPS) is 19.2. The van der Waals surface area contributed by atoms with E-state index in [0.29, 0.717) is 6.54 Å². The molecule has 1 aromatic carbocycles. The summed E-state index contributed by atoms with van der Waals surface area (Å²) in [5, 5.41) is 30.8. The maximum atomic E-state index is 12.2. The fraction of sp³-hybridized carbons (Fsp3) is 0.333. The number of hydrogen-bond donors (Lipinski definition) is 4. The van der Waals surface area contributed by atoms with E-state index >= 15 is 0 Å². The number of nitrogens with one attached hydrogen (secondary N) is 1. The van der Waals surface area contributed by atoms with Crippen molar-refractivity contribution in [3.8, 4) is 11.5 Å². The van der Waals surface area contributed by atoms with E-state index in [0.717, 1.165) is 6.07 Å². The van der Waals surface area contributed by atoms with Gasteiger partial charge in [0.2, 0.25) is 0 Å². The lowest BCUT2D eigenvalue weighted by molar-refractivity contribution is -0.142. The second kappa shape index (κ2) is 5.15. The van der Waals surface area contributed by atoms with Crippen LogP contribution < -0.4 is 5.32 Å². The van der Waals surface area contributed by atoms with E-state index < -0.39 is 17.9 Å².